The molecule has 128 valence electrons. The summed E-state index contributed by atoms with van der Waals surface area (Å²) in [6.45, 7) is 3.03. The molecule has 2 atom stereocenters. The number of carbonyl (C=O) groups excluding carboxylic acids is 1. The molecule has 0 aromatic rings. The second-order valence-electron chi connectivity index (χ2n) is 6.21. The summed E-state index contributed by atoms with van der Waals surface area (Å²) in [4.78, 5) is 10.8. The third kappa shape index (κ3) is 10.1. The van der Waals surface area contributed by atoms with Gasteiger partial charge in [-0.3, -0.25) is 0 Å². The molecule has 1 aliphatic heterocycles. The van der Waals surface area contributed by atoms with Crippen LogP contribution in [0.15, 0.2) is 12.2 Å². The maximum Gasteiger partial charge on any atom is 0.157 e. The number of rotatable bonds is 13. The molecule has 0 amide bonds. The van der Waals surface area contributed by atoms with Gasteiger partial charge in [0.2, 0.25) is 0 Å². The number of ether oxygens (including phenoxy) is 2. The average molecular weight is 310 g/mol. The lowest BCUT2D eigenvalue weighted by Crippen LogP contribution is -2.28. The third-order valence-electron chi connectivity index (χ3n) is 4.14. The predicted octanol–water partition coefficient (Wildman–Crippen LogP) is 5.18. The molecule has 1 heterocycles. The SMILES string of the molecule is CCCCCCCC=CCCC(CC=O)OC1CCCCO1. The Balaban J connectivity index is 2.08. The van der Waals surface area contributed by atoms with Crippen molar-refractivity contribution in [2.75, 3.05) is 6.61 Å². The molecule has 22 heavy (non-hydrogen) atoms. The molecule has 0 spiro atoms. The molecule has 1 rings (SSSR count). The summed E-state index contributed by atoms with van der Waals surface area (Å²) in [6, 6.07) is 0. The van der Waals surface area contributed by atoms with Crippen molar-refractivity contribution in [2.45, 2.75) is 96.4 Å². The zero-order valence-electron chi connectivity index (χ0n) is 14.3. The van der Waals surface area contributed by atoms with E-state index in [1.807, 2.05) is 0 Å². The first kappa shape index (κ1) is 19.4. The summed E-state index contributed by atoms with van der Waals surface area (Å²) >= 11 is 0. The molecule has 1 aliphatic rings. The van der Waals surface area contributed by atoms with E-state index in [9.17, 15) is 4.79 Å². The van der Waals surface area contributed by atoms with Crippen molar-refractivity contribution >= 4 is 6.29 Å². The summed E-state index contributed by atoms with van der Waals surface area (Å²) in [5.74, 6) is 0. The van der Waals surface area contributed by atoms with Gasteiger partial charge in [-0.1, -0.05) is 44.8 Å². The first-order valence-corrected chi connectivity index (χ1v) is 9.22. The highest BCUT2D eigenvalue weighted by molar-refractivity contribution is 5.50. The zero-order valence-corrected chi connectivity index (χ0v) is 14.3. The van der Waals surface area contributed by atoms with Gasteiger partial charge in [-0.05, 0) is 44.9 Å². The average Bonchev–Trinajstić information content (AvgIpc) is 2.54. The van der Waals surface area contributed by atoms with E-state index < -0.39 is 0 Å². The van der Waals surface area contributed by atoms with Crippen molar-refractivity contribution in [2.24, 2.45) is 0 Å². The lowest BCUT2D eigenvalue weighted by molar-refractivity contribution is -0.189. The molecule has 0 saturated carbocycles. The van der Waals surface area contributed by atoms with Gasteiger partial charge in [-0.15, -0.1) is 0 Å². The van der Waals surface area contributed by atoms with Crippen LogP contribution >= 0.6 is 0 Å². The fourth-order valence-electron chi connectivity index (χ4n) is 2.77. The van der Waals surface area contributed by atoms with Crippen molar-refractivity contribution in [3.05, 3.63) is 12.2 Å². The molecule has 1 fully saturated rings. The Bertz CT molecular complexity index is 282. The van der Waals surface area contributed by atoms with Crippen LogP contribution in [-0.2, 0) is 14.3 Å². The quantitative estimate of drug-likeness (QED) is 0.267. The first-order valence-electron chi connectivity index (χ1n) is 9.22. The first-order chi connectivity index (χ1) is 10.9. The summed E-state index contributed by atoms with van der Waals surface area (Å²) in [5.41, 5.74) is 0. The fraction of sp³-hybridized carbons (Fsp3) is 0.842. The van der Waals surface area contributed by atoms with Crippen LogP contribution in [0.1, 0.15) is 84.0 Å². The van der Waals surface area contributed by atoms with Gasteiger partial charge in [-0.2, -0.15) is 0 Å². The number of carbonyl (C=O) groups is 1. The number of allylic oxidation sites excluding steroid dienone is 2. The summed E-state index contributed by atoms with van der Waals surface area (Å²) in [6.07, 6.45) is 18.8. The van der Waals surface area contributed by atoms with Gasteiger partial charge >= 0.3 is 0 Å². The van der Waals surface area contributed by atoms with Gasteiger partial charge in [0, 0.05) is 13.0 Å². The van der Waals surface area contributed by atoms with E-state index in [0.29, 0.717) is 6.42 Å². The lowest BCUT2D eigenvalue weighted by Gasteiger charge is -2.26. The predicted molar refractivity (Wildman–Crippen MR) is 90.9 cm³/mol. The minimum absolute atomic E-state index is 0.00908. The Morgan fingerprint density at radius 3 is 2.68 bits per heavy atom. The smallest absolute Gasteiger partial charge is 0.157 e. The van der Waals surface area contributed by atoms with Crippen molar-refractivity contribution < 1.29 is 14.3 Å². The zero-order chi connectivity index (χ0) is 15.9. The summed E-state index contributed by atoms with van der Waals surface area (Å²) < 4.78 is 11.5. The highest BCUT2D eigenvalue weighted by Gasteiger charge is 2.19. The van der Waals surface area contributed by atoms with E-state index in [2.05, 4.69) is 19.1 Å². The molecule has 3 nitrogen and oxygen atoms in total. The Morgan fingerprint density at radius 1 is 1.14 bits per heavy atom. The second kappa shape index (κ2) is 14.0. The van der Waals surface area contributed by atoms with Gasteiger partial charge in [-0.25, -0.2) is 0 Å². The molecule has 0 aromatic carbocycles. The van der Waals surface area contributed by atoms with Gasteiger partial charge in [0.25, 0.3) is 0 Å². The van der Waals surface area contributed by atoms with Crippen LogP contribution in [0.25, 0.3) is 0 Å². The normalized spacial score (nSPS) is 20.3. The van der Waals surface area contributed by atoms with Crippen molar-refractivity contribution in [3.8, 4) is 0 Å². The molecule has 3 heteroatoms. The third-order valence-corrected chi connectivity index (χ3v) is 4.14. The maximum atomic E-state index is 10.8. The summed E-state index contributed by atoms with van der Waals surface area (Å²) in [7, 11) is 0. The van der Waals surface area contributed by atoms with E-state index in [4.69, 9.17) is 9.47 Å². The Kier molecular flexibility index (Phi) is 12.3. The standard InChI is InChI=1S/C19H34O3/c1-2-3-4-5-6-7-8-9-10-13-18(15-16-20)22-19-14-11-12-17-21-19/h8-9,16,18-19H,2-7,10-15,17H2,1H3. The second-order valence-corrected chi connectivity index (χ2v) is 6.21. The Morgan fingerprint density at radius 2 is 1.95 bits per heavy atom. The molecule has 2 unspecified atom stereocenters. The van der Waals surface area contributed by atoms with Crippen molar-refractivity contribution in [1.29, 1.82) is 0 Å². The Labute approximate surface area is 136 Å². The molecule has 1 saturated heterocycles. The number of aldehydes is 1. The molecule has 0 N–H and O–H groups in total. The van der Waals surface area contributed by atoms with Crippen LogP contribution in [0.3, 0.4) is 0 Å². The van der Waals surface area contributed by atoms with Crippen LogP contribution in [0.5, 0.6) is 0 Å². The van der Waals surface area contributed by atoms with Gasteiger partial charge in [0.15, 0.2) is 6.29 Å². The van der Waals surface area contributed by atoms with E-state index in [0.717, 1.165) is 45.0 Å². The van der Waals surface area contributed by atoms with Crippen LogP contribution in [0, 0.1) is 0 Å². The Hall–Kier alpha value is -0.670. The topological polar surface area (TPSA) is 35.5 Å². The number of unbranched alkanes of at least 4 members (excludes halogenated alkanes) is 5. The maximum absolute atomic E-state index is 10.8. The number of hydrogen-bond donors (Lipinski definition) is 0. The summed E-state index contributed by atoms with van der Waals surface area (Å²) in [5, 5.41) is 0. The molecule has 0 aromatic heterocycles. The van der Waals surface area contributed by atoms with Crippen LogP contribution in [0.4, 0.5) is 0 Å². The molecular weight excluding hydrogens is 276 g/mol. The van der Waals surface area contributed by atoms with Gasteiger partial charge < -0.3 is 14.3 Å². The highest BCUT2D eigenvalue weighted by Crippen LogP contribution is 2.18. The highest BCUT2D eigenvalue weighted by atomic mass is 16.7. The largest absolute Gasteiger partial charge is 0.353 e. The van der Waals surface area contributed by atoms with Crippen molar-refractivity contribution in [3.63, 3.8) is 0 Å². The van der Waals surface area contributed by atoms with Crippen LogP contribution in [0.2, 0.25) is 0 Å². The number of hydrogen-bond acceptors (Lipinski definition) is 3. The monoisotopic (exact) mass is 310 g/mol. The molecule has 0 aliphatic carbocycles. The van der Waals surface area contributed by atoms with E-state index >= 15 is 0 Å². The van der Waals surface area contributed by atoms with E-state index in [-0.39, 0.29) is 12.4 Å². The van der Waals surface area contributed by atoms with E-state index in [1.54, 1.807) is 0 Å². The van der Waals surface area contributed by atoms with Crippen LogP contribution < -0.4 is 0 Å². The minimum Gasteiger partial charge on any atom is -0.353 e. The van der Waals surface area contributed by atoms with E-state index in [1.165, 1.54) is 38.5 Å². The van der Waals surface area contributed by atoms with Gasteiger partial charge in [0.1, 0.15) is 6.29 Å². The molecule has 0 bridgehead atoms. The van der Waals surface area contributed by atoms with Crippen molar-refractivity contribution in [1.82, 2.24) is 0 Å². The molecule has 0 radical (unpaired) electrons. The van der Waals surface area contributed by atoms with Gasteiger partial charge in [0.05, 0.1) is 6.10 Å². The molecular formula is C19H34O3. The minimum atomic E-state index is -0.0961. The fourth-order valence-corrected chi connectivity index (χ4v) is 2.77. The lowest BCUT2D eigenvalue weighted by atomic mass is 10.1. The van der Waals surface area contributed by atoms with Crippen LogP contribution in [-0.4, -0.2) is 25.3 Å².